The Morgan fingerprint density at radius 2 is 2.22 bits per heavy atom. The molecule has 1 aromatic carbocycles. The summed E-state index contributed by atoms with van der Waals surface area (Å²) in [5.74, 6) is -1.36. The van der Waals surface area contributed by atoms with Crippen LogP contribution in [-0.4, -0.2) is 5.91 Å². The van der Waals surface area contributed by atoms with Crippen LogP contribution < -0.4 is 11.1 Å². The van der Waals surface area contributed by atoms with Crippen LogP contribution in [0.5, 0.6) is 0 Å². The van der Waals surface area contributed by atoms with Crippen molar-refractivity contribution in [1.29, 1.82) is 0 Å². The van der Waals surface area contributed by atoms with E-state index in [1.165, 1.54) is 17.0 Å². The van der Waals surface area contributed by atoms with Crippen LogP contribution in [0.15, 0.2) is 35.7 Å². The van der Waals surface area contributed by atoms with Crippen molar-refractivity contribution < 1.29 is 9.18 Å². The number of primary amides is 1. The number of nitrogens with two attached hydrogens (primary N) is 1. The highest BCUT2D eigenvalue weighted by Crippen LogP contribution is 2.24. The van der Waals surface area contributed by atoms with E-state index in [1.54, 1.807) is 17.4 Å². The van der Waals surface area contributed by atoms with Gasteiger partial charge < -0.3 is 11.1 Å². The van der Waals surface area contributed by atoms with E-state index in [4.69, 9.17) is 5.73 Å². The first-order valence-corrected chi connectivity index (χ1v) is 6.35. The summed E-state index contributed by atoms with van der Waals surface area (Å²) in [6.45, 7) is 2.00. The fraction of sp³-hybridized carbons (Fsp3) is 0.154. The van der Waals surface area contributed by atoms with Gasteiger partial charge in [-0.05, 0) is 36.6 Å². The summed E-state index contributed by atoms with van der Waals surface area (Å²) in [5.41, 5.74) is 5.68. The molecule has 18 heavy (non-hydrogen) atoms. The third-order valence-corrected chi connectivity index (χ3v) is 3.64. The molecule has 0 radical (unpaired) electrons. The van der Waals surface area contributed by atoms with Crippen molar-refractivity contribution in [3.8, 4) is 0 Å². The SMILES string of the molecule is CC(Nc1ccc(F)c(C(N)=O)c1)c1cccs1. The summed E-state index contributed by atoms with van der Waals surface area (Å²) in [4.78, 5) is 12.2. The molecule has 0 saturated carbocycles. The van der Waals surface area contributed by atoms with E-state index in [0.29, 0.717) is 5.69 Å². The molecule has 0 aliphatic carbocycles. The Labute approximate surface area is 108 Å². The summed E-state index contributed by atoms with van der Waals surface area (Å²) in [6, 6.07) is 8.34. The van der Waals surface area contributed by atoms with Crippen LogP contribution in [0.1, 0.15) is 28.2 Å². The summed E-state index contributed by atoms with van der Waals surface area (Å²) in [6.07, 6.45) is 0. The van der Waals surface area contributed by atoms with Crippen LogP contribution in [0, 0.1) is 5.82 Å². The number of anilines is 1. The van der Waals surface area contributed by atoms with Crippen molar-refractivity contribution in [2.75, 3.05) is 5.32 Å². The van der Waals surface area contributed by atoms with Crippen molar-refractivity contribution in [3.05, 3.63) is 52.0 Å². The number of thiophene rings is 1. The van der Waals surface area contributed by atoms with Gasteiger partial charge in [-0.2, -0.15) is 0 Å². The molecule has 2 aromatic rings. The minimum absolute atomic E-state index is 0.0937. The van der Waals surface area contributed by atoms with Gasteiger partial charge in [0.2, 0.25) is 0 Å². The highest BCUT2D eigenvalue weighted by atomic mass is 32.1. The fourth-order valence-corrected chi connectivity index (χ4v) is 2.40. The molecule has 5 heteroatoms. The second kappa shape index (κ2) is 5.18. The largest absolute Gasteiger partial charge is 0.378 e. The fourth-order valence-electron chi connectivity index (χ4n) is 1.66. The highest BCUT2D eigenvalue weighted by molar-refractivity contribution is 7.10. The summed E-state index contributed by atoms with van der Waals surface area (Å²) < 4.78 is 13.3. The Bertz CT molecular complexity index is 554. The third-order valence-electron chi connectivity index (χ3n) is 2.58. The molecule has 3 nitrogen and oxygen atoms in total. The van der Waals surface area contributed by atoms with Gasteiger partial charge in [-0.25, -0.2) is 4.39 Å². The molecule has 1 unspecified atom stereocenters. The van der Waals surface area contributed by atoms with Crippen LogP contribution in [0.25, 0.3) is 0 Å². The lowest BCUT2D eigenvalue weighted by atomic mass is 10.1. The van der Waals surface area contributed by atoms with Crippen LogP contribution in [0.4, 0.5) is 10.1 Å². The first kappa shape index (κ1) is 12.6. The molecule has 0 spiro atoms. The quantitative estimate of drug-likeness (QED) is 0.891. The molecule has 94 valence electrons. The number of hydrogen-bond acceptors (Lipinski definition) is 3. The molecule has 0 saturated heterocycles. The van der Waals surface area contributed by atoms with Crippen molar-refractivity contribution >= 4 is 22.9 Å². The van der Waals surface area contributed by atoms with Crippen molar-refractivity contribution in [3.63, 3.8) is 0 Å². The molecule has 0 aliphatic rings. The average Bonchev–Trinajstić information content (AvgIpc) is 2.85. The lowest BCUT2D eigenvalue weighted by Crippen LogP contribution is -2.14. The monoisotopic (exact) mass is 264 g/mol. The second-order valence-electron chi connectivity index (χ2n) is 3.94. The maximum Gasteiger partial charge on any atom is 0.251 e. The number of rotatable bonds is 4. The zero-order valence-electron chi connectivity index (χ0n) is 9.81. The lowest BCUT2D eigenvalue weighted by Gasteiger charge is -2.14. The Morgan fingerprint density at radius 3 is 2.83 bits per heavy atom. The highest BCUT2D eigenvalue weighted by Gasteiger charge is 2.11. The number of carbonyl (C=O) groups is 1. The molecule has 0 fully saturated rings. The number of amides is 1. The zero-order chi connectivity index (χ0) is 13.1. The molecule has 1 heterocycles. The average molecular weight is 264 g/mol. The topological polar surface area (TPSA) is 55.1 Å². The number of halogens is 1. The predicted molar refractivity (Wildman–Crippen MR) is 71.3 cm³/mol. The number of hydrogen-bond donors (Lipinski definition) is 2. The van der Waals surface area contributed by atoms with Gasteiger partial charge in [0.05, 0.1) is 11.6 Å². The molecule has 1 amide bonds. The third kappa shape index (κ3) is 2.68. The van der Waals surface area contributed by atoms with Crippen LogP contribution in [0.2, 0.25) is 0 Å². The van der Waals surface area contributed by atoms with Gasteiger partial charge in [-0.1, -0.05) is 6.07 Å². The van der Waals surface area contributed by atoms with Crippen molar-refractivity contribution in [2.24, 2.45) is 5.73 Å². The Hall–Kier alpha value is -1.88. The Morgan fingerprint density at radius 1 is 1.44 bits per heavy atom. The van der Waals surface area contributed by atoms with E-state index >= 15 is 0 Å². The molecule has 1 aromatic heterocycles. The van der Waals surface area contributed by atoms with Crippen molar-refractivity contribution in [1.82, 2.24) is 0 Å². The normalized spacial score (nSPS) is 12.1. The van der Waals surface area contributed by atoms with Crippen molar-refractivity contribution in [2.45, 2.75) is 13.0 Å². The molecule has 0 bridgehead atoms. The van der Waals surface area contributed by atoms with E-state index < -0.39 is 11.7 Å². The number of nitrogens with one attached hydrogen (secondary N) is 1. The van der Waals surface area contributed by atoms with Crippen LogP contribution >= 0.6 is 11.3 Å². The van der Waals surface area contributed by atoms with Gasteiger partial charge in [0, 0.05) is 10.6 Å². The van der Waals surface area contributed by atoms with Crippen LogP contribution in [-0.2, 0) is 0 Å². The predicted octanol–water partition coefficient (Wildman–Crippen LogP) is 3.16. The first-order chi connectivity index (χ1) is 8.58. The van der Waals surface area contributed by atoms with Gasteiger partial charge in [0.15, 0.2) is 0 Å². The second-order valence-corrected chi connectivity index (χ2v) is 4.92. The van der Waals surface area contributed by atoms with Gasteiger partial charge in [0.1, 0.15) is 5.82 Å². The number of benzene rings is 1. The first-order valence-electron chi connectivity index (χ1n) is 5.47. The van der Waals surface area contributed by atoms with Gasteiger partial charge >= 0.3 is 0 Å². The Balaban J connectivity index is 2.20. The summed E-state index contributed by atoms with van der Waals surface area (Å²) >= 11 is 1.64. The summed E-state index contributed by atoms with van der Waals surface area (Å²) in [5, 5.41) is 5.20. The van der Waals surface area contributed by atoms with E-state index in [1.807, 2.05) is 24.4 Å². The maximum atomic E-state index is 13.3. The van der Waals surface area contributed by atoms with Crippen LogP contribution in [0.3, 0.4) is 0 Å². The van der Waals surface area contributed by atoms with E-state index in [2.05, 4.69) is 5.32 Å². The van der Waals surface area contributed by atoms with Gasteiger partial charge in [0.25, 0.3) is 5.91 Å². The molecule has 2 rings (SSSR count). The van der Waals surface area contributed by atoms with E-state index in [9.17, 15) is 9.18 Å². The van der Waals surface area contributed by atoms with E-state index in [0.717, 1.165) is 0 Å². The summed E-state index contributed by atoms with van der Waals surface area (Å²) in [7, 11) is 0. The molecule has 3 N–H and O–H groups in total. The zero-order valence-corrected chi connectivity index (χ0v) is 10.6. The lowest BCUT2D eigenvalue weighted by molar-refractivity contribution is 0.0996. The smallest absolute Gasteiger partial charge is 0.251 e. The molecule has 0 aliphatic heterocycles. The standard InChI is InChI=1S/C13H13FN2OS/c1-8(12-3-2-6-18-12)16-9-4-5-11(14)10(7-9)13(15)17/h2-8,16H,1H3,(H2,15,17). The molecular formula is C13H13FN2OS. The number of carbonyl (C=O) groups excluding carboxylic acids is 1. The minimum atomic E-state index is -0.764. The molecule has 1 atom stereocenters. The molecular weight excluding hydrogens is 251 g/mol. The minimum Gasteiger partial charge on any atom is -0.378 e. The van der Waals surface area contributed by atoms with Gasteiger partial charge in [-0.15, -0.1) is 11.3 Å². The Kier molecular flexibility index (Phi) is 3.62. The van der Waals surface area contributed by atoms with Gasteiger partial charge in [-0.3, -0.25) is 4.79 Å². The maximum absolute atomic E-state index is 13.3. The van der Waals surface area contributed by atoms with E-state index in [-0.39, 0.29) is 11.6 Å².